The molecule has 0 bridgehead atoms. The number of hydrogen-bond donors (Lipinski definition) is 0. The number of hydrogen-bond acceptors (Lipinski definition) is 6. The summed E-state index contributed by atoms with van der Waals surface area (Å²) in [4.78, 5) is 23.3. The van der Waals surface area contributed by atoms with Gasteiger partial charge in [-0.05, 0) is 6.07 Å². The molecule has 2 rings (SSSR count). The Kier molecular flexibility index (Phi) is 4.59. The largest absolute Gasteiger partial charge is 0.467 e. The van der Waals surface area contributed by atoms with E-state index in [9.17, 15) is 9.59 Å². The second-order valence-corrected chi connectivity index (χ2v) is 4.42. The van der Waals surface area contributed by atoms with Crippen molar-refractivity contribution >= 4 is 23.5 Å². The molecule has 0 saturated carbocycles. The molecule has 1 aromatic rings. The molecule has 0 amide bonds. The molecule has 108 valence electrons. The molecule has 1 aromatic carbocycles. The minimum atomic E-state index is -1.19. The second kappa shape index (κ2) is 6.21. The summed E-state index contributed by atoms with van der Waals surface area (Å²) < 4.78 is 20.0. The van der Waals surface area contributed by atoms with E-state index in [0.717, 1.165) is 0 Å². The van der Waals surface area contributed by atoms with Gasteiger partial charge in [0.25, 0.3) is 0 Å². The molecule has 0 radical (unpaired) electrons. The average Bonchev–Trinajstić information content (AvgIpc) is 2.91. The molecule has 1 saturated heterocycles. The van der Waals surface area contributed by atoms with Gasteiger partial charge in [-0.1, -0.05) is 29.8 Å². The molecule has 0 spiro atoms. The Morgan fingerprint density at radius 3 is 2.00 bits per heavy atom. The van der Waals surface area contributed by atoms with Crippen LogP contribution in [0.5, 0.6) is 0 Å². The van der Waals surface area contributed by atoms with Gasteiger partial charge in [-0.2, -0.15) is 0 Å². The van der Waals surface area contributed by atoms with E-state index >= 15 is 0 Å². The molecule has 0 unspecified atom stereocenters. The highest BCUT2D eigenvalue weighted by atomic mass is 35.5. The highest BCUT2D eigenvalue weighted by molar-refractivity contribution is 6.31. The Morgan fingerprint density at radius 1 is 1.05 bits per heavy atom. The topological polar surface area (TPSA) is 71.1 Å². The van der Waals surface area contributed by atoms with Crippen molar-refractivity contribution in [3.8, 4) is 0 Å². The van der Waals surface area contributed by atoms with Crippen LogP contribution in [0.3, 0.4) is 0 Å². The third kappa shape index (κ3) is 2.77. The summed E-state index contributed by atoms with van der Waals surface area (Å²) >= 11 is 6.03. The first-order valence-electron chi connectivity index (χ1n) is 5.79. The number of esters is 2. The van der Waals surface area contributed by atoms with Gasteiger partial charge in [0.05, 0.1) is 14.2 Å². The van der Waals surface area contributed by atoms with E-state index in [-0.39, 0.29) is 0 Å². The lowest BCUT2D eigenvalue weighted by Crippen LogP contribution is -2.38. The van der Waals surface area contributed by atoms with Crippen LogP contribution in [0.25, 0.3) is 0 Å². The number of benzene rings is 1. The van der Waals surface area contributed by atoms with E-state index in [4.69, 9.17) is 21.1 Å². The molecule has 0 N–H and O–H groups in total. The maximum Gasteiger partial charge on any atom is 0.338 e. The van der Waals surface area contributed by atoms with Gasteiger partial charge in [0.1, 0.15) is 0 Å². The molecule has 2 atom stereocenters. The summed E-state index contributed by atoms with van der Waals surface area (Å²) in [5, 5.41) is 0.409. The smallest absolute Gasteiger partial charge is 0.338 e. The normalized spacial score (nSPS) is 22.6. The summed E-state index contributed by atoms with van der Waals surface area (Å²) in [6.07, 6.45) is -3.31. The predicted molar refractivity (Wildman–Crippen MR) is 68.0 cm³/mol. The van der Waals surface area contributed by atoms with E-state index in [1.165, 1.54) is 14.2 Å². The van der Waals surface area contributed by atoms with Crippen LogP contribution in [-0.2, 0) is 28.5 Å². The minimum Gasteiger partial charge on any atom is -0.467 e. The predicted octanol–water partition coefficient (Wildman–Crippen LogP) is 1.47. The lowest BCUT2D eigenvalue weighted by molar-refractivity contribution is -0.160. The Labute approximate surface area is 120 Å². The first-order valence-corrected chi connectivity index (χ1v) is 6.17. The van der Waals surface area contributed by atoms with Gasteiger partial charge >= 0.3 is 11.9 Å². The lowest BCUT2D eigenvalue weighted by atomic mass is 10.2. The van der Waals surface area contributed by atoms with Gasteiger partial charge in [0.2, 0.25) is 0 Å². The van der Waals surface area contributed by atoms with Gasteiger partial charge in [0.15, 0.2) is 18.5 Å². The minimum absolute atomic E-state index is 0.409. The van der Waals surface area contributed by atoms with Crippen molar-refractivity contribution < 1.29 is 28.5 Å². The van der Waals surface area contributed by atoms with Crippen molar-refractivity contribution in [3.05, 3.63) is 34.9 Å². The van der Waals surface area contributed by atoms with Crippen LogP contribution in [0, 0.1) is 0 Å². The molecule has 6 nitrogen and oxygen atoms in total. The highest BCUT2D eigenvalue weighted by Crippen LogP contribution is 2.35. The first kappa shape index (κ1) is 14.8. The maximum atomic E-state index is 11.6. The Morgan fingerprint density at radius 2 is 1.55 bits per heavy atom. The van der Waals surface area contributed by atoms with E-state index < -0.39 is 30.4 Å². The van der Waals surface area contributed by atoms with Gasteiger partial charge in [-0.25, -0.2) is 9.59 Å². The monoisotopic (exact) mass is 300 g/mol. The zero-order valence-electron chi connectivity index (χ0n) is 10.9. The van der Waals surface area contributed by atoms with Crippen molar-refractivity contribution in [3.63, 3.8) is 0 Å². The summed E-state index contributed by atoms with van der Waals surface area (Å²) in [6.45, 7) is 0. The number of halogens is 1. The lowest BCUT2D eigenvalue weighted by Gasteiger charge is -2.11. The Bertz CT molecular complexity index is 493. The molecule has 1 aliphatic rings. The van der Waals surface area contributed by atoms with E-state index in [0.29, 0.717) is 10.6 Å². The molecule has 20 heavy (non-hydrogen) atoms. The van der Waals surface area contributed by atoms with Crippen LogP contribution < -0.4 is 0 Å². The van der Waals surface area contributed by atoms with E-state index in [1.807, 2.05) is 0 Å². The van der Waals surface area contributed by atoms with Gasteiger partial charge in [0, 0.05) is 10.6 Å². The van der Waals surface area contributed by atoms with E-state index in [2.05, 4.69) is 9.47 Å². The van der Waals surface area contributed by atoms with Crippen molar-refractivity contribution in [1.82, 2.24) is 0 Å². The van der Waals surface area contributed by atoms with Gasteiger partial charge in [-0.15, -0.1) is 0 Å². The standard InChI is InChI=1S/C13H13ClO6/c1-17-11(15)9-10(12(16)18-2)20-13(19-9)7-5-3-4-6-8(7)14/h3-6,9-10,13H,1-2H3/t9-,10-/m0/s1. The number of methoxy groups -OCH3 is 2. The average molecular weight is 301 g/mol. The summed E-state index contributed by atoms with van der Waals surface area (Å²) in [6, 6.07) is 6.83. The quantitative estimate of drug-likeness (QED) is 0.787. The molecule has 1 fully saturated rings. The van der Waals surface area contributed by atoms with Crippen molar-refractivity contribution in [2.75, 3.05) is 14.2 Å². The van der Waals surface area contributed by atoms with Crippen LogP contribution in [-0.4, -0.2) is 38.4 Å². The van der Waals surface area contributed by atoms with Crippen molar-refractivity contribution in [1.29, 1.82) is 0 Å². The molecule has 1 aliphatic heterocycles. The zero-order chi connectivity index (χ0) is 14.7. The van der Waals surface area contributed by atoms with Crippen molar-refractivity contribution in [2.24, 2.45) is 0 Å². The van der Waals surface area contributed by atoms with Crippen LogP contribution in [0.4, 0.5) is 0 Å². The summed E-state index contributed by atoms with van der Waals surface area (Å²) in [5.41, 5.74) is 0.523. The van der Waals surface area contributed by atoms with Gasteiger partial charge < -0.3 is 18.9 Å². The summed E-state index contributed by atoms with van der Waals surface area (Å²) in [5.74, 6) is -1.43. The number of carbonyl (C=O) groups excluding carboxylic acids is 2. The fourth-order valence-corrected chi connectivity index (χ4v) is 2.07. The Hall–Kier alpha value is -1.63. The van der Waals surface area contributed by atoms with Crippen molar-refractivity contribution in [2.45, 2.75) is 18.5 Å². The maximum absolute atomic E-state index is 11.6. The highest BCUT2D eigenvalue weighted by Gasteiger charge is 2.47. The Balaban J connectivity index is 2.26. The van der Waals surface area contributed by atoms with Crippen LogP contribution in [0.15, 0.2) is 24.3 Å². The molecule has 0 aliphatic carbocycles. The third-order valence-electron chi connectivity index (χ3n) is 2.84. The fourth-order valence-electron chi connectivity index (χ4n) is 1.84. The second-order valence-electron chi connectivity index (χ2n) is 4.01. The van der Waals surface area contributed by atoms with Crippen LogP contribution >= 0.6 is 11.6 Å². The fraction of sp³-hybridized carbons (Fsp3) is 0.385. The molecular formula is C13H13ClO6. The number of ether oxygens (including phenoxy) is 4. The molecule has 0 aromatic heterocycles. The number of rotatable bonds is 3. The van der Waals surface area contributed by atoms with Gasteiger partial charge in [-0.3, -0.25) is 0 Å². The zero-order valence-corrected chi connectivity index (χ0v) is 11.6. The summed E-state index contributed by atoms with van der Waals surface area (Å²) in [7, 11) is 2.39. The first-order chi connectivity index (χ1) is 9.58. The van der Waals surface area contributed by atoms with Crippen LogP contribution in [0.2, 0.25) is 5.02 Å². The molecule has 1 heterocycles. The third-order valence-corrected chi connectivity index (χ3v) is 3.19. The molecule has 7 heteroatoms. The van der Waals surface area contributed by atoms with Crippen LogP contribution in [0.1, 0.15) is 11.9 Å². The molecular weight excluding hydrogens is 288 g/mol. The number of carbonyl (C=O) groups is 2. The SMILES string of the molecule is COC(=O)[C@H]1OC(c2ccccc2Cl)O[C@@H]1C(=O)OC. The van der Waals surface area contributed by atoms with E-state index in [1.54, 1.807) is 24.3 Å².